The van der Waals surface area contributed by atoms with Crippen molar-refractivity contribution in [3.8, 4) is 0 Å². The maximum absolute atomic E-state index is 8.72. The number of amidine groups is 1. The Labute approximate surface area is 104 Å². The second kappa shape index (κ2) is 6.21. The van der Waals surface area contributed by atoms with Crippen LogP contribution in [-0.4, -0.2) is 60.1 Å². The van der Waals surface area contributed by atoms with Crippen molar-refractivity contribution in [3.63, 3.8) is 0 Å². The Bertz CT molecular complexity index is 257. The molecule has 0 aromatic rings. The summed E-state index contributed by atoms with van der Waals surface area (Å²) in [5, 5.41) is 11.8. The van der Waals surface area contributed by atoms with E-state index in [1.54, 1.807) is 0 Å². The average Bonchev–Trinajstić information content (AvgIpc) is 2.36. The third-order valence-electron chi connectivity index (χ3n) is 3.77. The number of nitrogens with two attached hydrogens (primary N) is 1. The van der Waals surface area contributed by atoms with Gasteiger partial charge in [-0.2, -0.15) is 0 Å². The number of rotatable bonds is 5. The highest BCUT2D eigenvalue weighted by Crippen LogP contribution is 2.21. The minimum Gasteiger partial charge on any atom is -0.409 e. The van der Waals surface area contributed by atoms with Gasteiger partial charge in [0.1, 0.15) is 5.84 Å². The fourth-order valence-electron chi connectivity index (χ4n) is 2.03. The summed E-state index contributed by atoms with van der Waals surface area (Å²) in [6, 6.07) is 0. The van der Waals surface area contributed by atoms with Crippen molar-refractivity contribution >= 4 is 5.84 Å². The summed E-state index contributed by atoms with van der Waals surface area (Å²) in [6.07, 6.45) is 0.926. The van der Waals surface area contributed by atoms with Crippen LogP contribution < -0.4 is 5.73 Å². The normalized spacial score (nSPS) is 20.8. The number of piperazine rings is 1. The summed E-state index contributed by atoms with van der Waals surface area (Å²) >= 11 is 0. The van der Waals surface area contributed by atoms with Crippen LogP contribution in [0.15, 0.2) is 5.16 Å². The highest BCUT2D eigenvalue weighted by Gasteiger charge is 2.25. The minimum atomic E-state index is -0.226. The lowest BCUT2D eigenvalue weighted by atomic mass is 9.88. The van der Waals surface area contributed by atoms with Gasteiger partial charge in [-0.05, 0) is 19.5 Å². The van der Waals surface area contributed by atoms with E-state index in [1.807, 2.05) is 13.8 Å². The molecule has 0 radical (unpaired) electrons. The highest BCUT2D eigenvalue weighted by atomic mass is 16.4. The Morgan fingerprint density at radius 2 is 1.76 bits per heavy atom. The summed E-state index contributed by atoms with van der Waals surface area (Å²) in [4.78, 5) is 4.92. The van der Waals surface area contributed by atoms with E-state index in [9.17, 15) is 0 Å². The van der Waals surface area contributed by atoms with Crippen LogP contribution >= 0.6 is 0 Å². The first kappa shape index (κ1) is 14.3. The molecule has 1 fully saturated rings. The average molecular weight is 242 g/mol. The molecule has 1 rings (SSSR count). The molecule has 17 heavy (non-hydrogen) atoms. The summed E-state index contributed by atoms with van der Waals surface area (Å²) in [6.45, 7) is 13.0. The number of likely N-dealkylation sites (N-methyl/N-ethyl adjacent to an activating group) is 1. The van der Waals surface area contributed by atoms with E-state index in [4.69, 9.17) is 10.9 Å². The van der Waals surface area contributed by atoms with Gasteiger partial charge in [0, 0.05) is 31.6 Å². The van der Waals surface area contributed by atoms with Crippen LogP contribution in [0.25, 0.3) is 0 Å². The zero-order valence-corrected chi connectivity index (χ0v) is 11.3. The summed E-state index contributed by atoms with van der Waals surface area (Å²) in [5.41, 5.74) is 5.46. The first-order valence-corrected chi connectivity index (χ1v) is 6.42. The van der Waals surface area contributed by atoms with Crippen LogP contribution in [0.3, 0.4) is 0 Å². The van der Waals surface area contributed by atoms with Gasteiger partial charge < -0.3 is 20.7 Å². The second-order valence-corrected chi connectivity index (χ2v) is 5.40. The Morgan fingerprint density at radius 1 is 1.24 bits per heavy atom. The summed E-state index contributed by atoms with van der Waals surface area (Å²) < 4.78 is 0. The smallest absolute Gasteiger partial charge is 0.144 e. The lowest BCUT2D eigenvalue weighted by Crippen LogP contribution is -2.47. The Kier molecular flexibility index (Phi) is 5.21. The van der Waals surface area contributed by atoms with Gasteiger partial charge in [0.15, 0.2) is 0 Å². The third-order valence-corrected chi connectivity index (χ3v) is 3.77. The Morgan fingerprint density at radius 3 is 2.24 bits per heavy atom. The van der Waals surface area contributed by atoms with Crippen LogP contribution in [-0.2, 0) is 0 Å². The lowest BCUT2D eigenvalue weighted by molar-refractivity contribution is 0.129. The number of oxime groups is 1. The Balaban J connectivity index is 2.32. The quantitative estimate of drug-likeness (QED) is 0.324. The fourth-order valence-corrected chi connectivity index (χ4v) is 2.03. The fraction of sp³-hybridized carbons (Fsp3) is 0.917. The van der Waals surface area contributed by atoms with E-state index in [0.29, 0.717) is 5.84 Å². The van der Waals surface area contributed by atoms with Crippen molar-refractivity contribution in [2.45, 2.75) is 27.2 Å². The third kappa shape index (κ3) is 4.16. The molecule has 0 unspecified atom stereocenters. The van der Waals surface area contributed by atoms with E-state index < -0.39 is 0 Å². The second-order valence-electron chi connectivity index (χ2n) is 5.40. The molecule has 0 amide bonds. The zero-order chi connectivity index (χ0) is 12.9. The van der Waals surface area contributed by atoms with Crippen molar-refractivity contribution in [1.29, 1.82) is 0 Å². The Hall–Kier alpha value is -0.810. The molecule has 0 spiro atoms. The number of hydrogen-bond acceptors (Lipinski definition) is 4. The van der Waals surface area contributed by atoms with Gasteiger partial charge in [0.25, 0.3) is 0 Å². The highest BCUT2D eigenvalue weighted by molar-refractivity contribution is 5.85. The van der Waals surface area contributed by atoms with Gasteiger partial charge in [-0.1, -0.05) is 25.9 Å². The lowest BCUT2D eigenvalue weighted by Gasteiger charge is -2.35. The van der Waals surface area contributed by atoms with E-state index in [1.165, 1.54) is 0 Å². The number of nitrogens with zero attached hydrogens (tertiary/aromatic N) is 3. The van der Waals surface area contributed by atoms with E-state index in [-0.39, 0.29) is 5.41 Å². The molecule has 0 atom stereocenters. The molecular weight excluding hydrogens is 216 g/mol. The van der Waals surface area contributed by atoms with Crippen LogP contribution in [0.4, 0.5) is 0 Å². The predicted molar refractivity (Wildman–Crippen MR) is 70.4 cm³/mol. The molecule has 0 aromatic carbocycles. The molecule has 0 bridgehead atoms. The molecule has 1 aliphatic heterocycles. The van der Waals surface area contributed by atoms with Crippen molar-refractivity contribution in [2.75, 3.05) is 39.3 Å². The molecule has 1 saturated heterocycles. The monoisotopic (exact) mass is 242 g/mol. The molecule has 0 aromatic heterocycles. The first-order valence-electron chi connectivity index (χ1n) is 6.42. The summed E-state index contributed by atoms with van der Waals surface area (Å²) in [7, 11) is 0. The van der Waals surface area contributed by atoms with Gasteiger partial charge in [0.05, 0.1) is 0 Å². The molecule has 5 heteroatoms. The largest absolute Gasteiger partial charge is 0.409 e. The molecule has 100 valence electrons. The van der Waals surface area contributed by atoms with Gasteiger partial charge >= 0.3 is 0 Å². The zero-order valence-electron chi connectivity index (χ0n) is 11.3. The van der Waals surface area contributed by atoms with Crippen molar-refractivity contribution < 1.29 is 5.21 Å². The van der Waals surface area contributed by atoms with E-state index in [2.05, 4.69) is 21.9 Å². The van der Waals surface area contributed by atoms with Crippen LogP contribution in [0.5, 0.6) is 0 Å². The minimum absolute atomic E-state index is 0.226. The summed E-state index contributed by atoms with van der Waals surface area (Å²) in [5.74, 6) is 0.324. The van der Waals surface area contributed by atoms with Crippen molar-refractivity contribution in [3.05, 3.63) is 0 Å². The maximum atomic E-state index is 8.72. The number of hydrogen-bond donors (Lipinski definition) is 2. The standard InChI is InChI=1S/C12H26N4O/c1-4-15-7-9-16(10-8-15)6-5-12(2,3)11(13)14-17/h17H,4-10H2,1-3H3,(H2,13,14). The van der Waals surface area contributed by atoms with E-state index in [0.717, 1.165) is 45.7 Å². The molecule has 5 nitrogen and oxygen atoms in total. The maximum Gasteiger partial charge on any atom is 0.144 e. The van der Waals surface area contributed by atoms with Crippen LogP contribution in [0.1, 0.15) is 27.2 Å². The molecule has 0 aliphatic carbocycles. The SMILES string of the molecule is CCN1CCN(CCC(C)(C)C(N)=NO)CC1. The molecule has 1 heterocycles. The molecular formula is C12H26N4O. The van der Waals surface area contributed by atoms with E-state index >= 15 is 0 Å². The molecule has 3 N–H and O–H groups in total. The van der Waals surface area contributed by atoms with Crippen molar-refractivity contribution in [2.24, 2.45) is 16.3 Å². The van der Waals surface area contributed by atoms with Gasteiger partial charge in [-0.3, -0.25) is 0 Å². The van der Waals surface area contributed by atoms with Crippen LogP contribution in [0, 0.1) is 5.41 Å². The van der Waals surface area contributed by atoms with Gasteiger partial charge in [-0.15, -0.1) is 0 Å². The molecule has 0 saturated carbocycles. The topological polar surface area (TPSA) is 65.1 Å². The predicted octanol–water partition coefficient (Wildman–Crippen LogP) is 0.787. The first-order chi connectivity index (χ1) is 7.99. The molecule has 1 aliphatic rings. The van der Waals surface area contributed by atoms with Gasteiger partial charge in [0.2, 0.25) is 0 Å². The van der Waals surface area contributed by atoms with Gasteiger partial charge in [-0.25, -0.2) is 0 Å². The van der Waals surface area contributed by atoms with Crippen molar-refractivity contribution in [1.82, 2.24) is 9.80 Å². The van der Waals surface area contributed by atoms with Crippen LogP contribution in [0.2, 0.25) is 0 Å².